The van der Waals surface area contributed by atoms with Gasteiger partial charge in [-0.3, -0.25) is 0 Å². The van der Waals surface area contributed by atoms with Crippen LogP contribution in [0.15, 0.2) is 24.3 Å². The second kappa shape index (κ2) is 7.94. The van der Waals surface area contributed by atoms with Crippen molar-refractivity contribution in [3.8, 4) is 5.75 Å². The smallest absolute Gasteiger partial charge is 0.218 e. The zero-order chi connectivity index (χ0) is 16.0. The Balaban J connectivity index is 2.16. The maximum Gasteiger partial charge on any atom is 0.218 e. The Labute approximate surface area is 133 Å². The molecule has 1 heterocycles. The van der Waals surface area contributed by atoms with E-state index in [0.717, 1.165) is 37.9 Å². The zero-order valence-corrected chi connectivity index (χ0v) is 14.2. The van der Waals surface area contributed by atoms with Crippen LogP contribution in [-0.2, 0) is 15.8 Å². The number of nitrogens with one attached hydrogen (secondary N) is 1. The standard InChI is InChI=1S/C16H26N2O3S/c1-3-11-18(15-7-9-17-10-8-15)22(19,20)13-14-5-4-6-16(12-14)21-2/h4-6,12,15,17H,3,7-11,13H2,1-2H3. The summed E-state index contributed by atoms with van der Waals surface area (Å²) in [5.74, 6) is 0.727. The molecule has 1 aliphatic rings. The van der Waals surface area contributed by atoms with E-state index in [4.69, 9.17) is 4.74 Å². The summed E-state index contributed by atoms with van der Waals surface area (Å²) in [4.78, 5) is 0. The normalized spacial score (nSPS) is 16.9. The van der Waals surface area contributed by atoms with Crippen LogP contribution in [-0.4, -0.2) is 45.5 Å². The van der Waals surface area contributed by atoms with Crippen LogP contribution in [0.5, 0.6) is 5.75 Å². The van der Waals surface area contributed by atoms with E-state index in [1.807, 2.05) is 25.1 Å². The predicted molar refractivity (Wildman–Crippen MR) is 88.5 cm³/mol. The molecule has 0 spiro atoms. The molecule has 0 aromatic heterocycles. The van der Waals surface area contributed by atoms with Crippen molar-refractivity contribution >= 4 is 10.0 Å². The minimum absolute atomic E-state index is 0.0358. The fourth-order valence-electron chi connectivity index (χ4n) is 2.92. The van der Waals surface area contributed by atoms with E-state index < -0.39 is 10.0 Å². The number of nitrogens with zero attached hydrogens (tertiary/aromatic N) is 1. The summed E-state index contributed by atoms with van der Waals surface area (Å²) >= 11 is 0. The molecule has 1 N–H and O–H groups in total. The average molecular weight is 326 g/mol. The van der Waals surface area contributed by atoms with E-state index in [-0.39, 0.29) is 11.8 Å². The molecule has 2 rings (SSSR count). The Hall–Kier alpha value is -1.11. The van der Waals surface area contributed by atoms with Gasteiger partial charge in [0.05, 0.1) is 12.9 Å². The quantitative estimate of drug-likeness (QED) is 0.832. The van der Waals surface area contributed by atoms with Crippen molar-refractivity contribution < 1.29 is 13.2 Å². The van der Waals surface area contributed by atoms with Gasteiger partial charge in [0.2, 0.25) is 10.0 Å². The van der Waals surface area contributed by atoms with Gasteiger partial charge in [-0.05, 0) is 50.0 Å². The van der Waals surface area contributed by atoms with Gasteiger partial charge in [-0.15, -0.1) is 0 Å². The van der Waals surface area contributed by atoms with E-state index in [2.05, 4.69) is 5.32 Å². The molecule has 0 atom stereocenters. The molecule has 0 aliphatic carbocycles. The van der Waals surface area contributed by atoms with E-state index in [9.17, 15) is 8.42 Å². The first-order valence-electron chi connectivity index (χ1n) is 7.90. The van der Waals surface area contributed by atoms with Crippen LogP contribution < -0.4 is 10.1 Å². The molecular formula is C16H26N2O3S. The van der Waals surface area contributed by atoms with Gasteiger partial charge in [-0.25, -0.2) is 8.42 Å². The van der Waals surface area contributed by atoms with Gasteiger partial charge < -0.3 is 10.1 Å². The highest BCUT2D eigenvalue weighted by Crippen LogP contribution is 2.21. The first-order valence-corrected chi connectivity index (χ1v) is 9.51. The summed E-state index contributed by atoms with van der Waals surface area (Å²) < 4.78 is 32.6. The molecule has 0 radical (unpaired) electrons. The predicted octanol–water partition coefficient (Wildman–Crippen LogP) is 1.99. The summed E-state index contributed by atoms with van der Waals surface area (Å²) in [7, 11) is -1.72. The topological polar surface area (TPSA) is 58.6 Å². The summed E-state index contributed by atoms with van der Waals surface area (Å²) in [6.07, 6.45) is 2.61. The van der Waals surface area contributed by atoms with E-state index in [1.165, 1.54) is 0 Å². The highest BCUT2D eigenvalue weighted by molar-refractivity contribution is 7.88. The van der Waals surface area contributed by atoms with Crippen molar-refractivity contribution in [2.75, 3.05) is 26.7 Å². The molecule has 0 bridgehead atoms. The lowest BCUT2D eigenvalue weighted by Crippen LogP contribution is -2.46. The number of methoxy groups -OCH3 is 1. The highest BCUT2D eigenvalue weighted by Gasteiger charge is 2.30. The van der Waals surface area contributed by atoms with Crippen LogP contribution in [0, 0.1) is 0 Å². The molecule has 1 fully saturated rings. The molecule has 0 amide bonds. The largest absolute Gasteiger partial charge is 0.497 e. The highest BCUT2D eigenvalue weighted by atomic mass is 32.2. The summed E-state index contributed by atoms with van der Waals surface area (Å²) in [5.41, 5.74) is 0.773. The Kier molecular flexibility index (Phi) is 6.23. The first-order chi connectivity index (χ1) is 10.6. The summed E-state index contributed by atoms with van der Waals surface area (Å²) in [6, 6.07) is 7.42. The lowest BCUT2D eigenvalue weighted by atomic mass is 10.1. The van der Waals surface area contributed by atoms with Crippen molar-refractivity contribution in [1.82, 2.24) is 9.62 Å². The third-order valence-electron chi connectivity index (χ3n) is 4.00. The van der Waals surface area contributed by atoms with E-state index >= 15 is 0 Å². The Morgan fingerprint density at radius 2 is 2.05 bits per heavy atom. The molecule has 22 heavy (non-hydrogen) atoms. The first kappa shape index (κ1) is 17.2. The second-order valence-electron chi connectivity index (χ2n) is 5.70. The van der Waals surface area contributed by atoms with Gasteiger partial charge in [0.1, 0.15) is 5.75 Å². The van der Waals surface area contributed by atoms with E-state index in [0.29, 0.717) is 12.3 Å². The molecule has 5 nitrogen and oxygen atoms in total. The van der Waals surface area contributed by atoms with E-state index in [1.54, 1.807) is 17.5 Å². The van der Waals surface area contributed by atoms with Crippen molar-refractivity contribution in [3.05, 3.63) is 29.8 Å². The maximum atomic E-state index is 12.9. The maximum absolute atomic E-state index is 12.9. The molecule has 1 aliphatic heterocycles. The zero-order valence-electron chi connectivity index (χ0n) is 13.4. The SMILES string of the molecule is CCCN(C1CCNCC1)S(=O)(=O)Cc1cccc(OC)c1. The number of hydrogen-bond acceptors (Lipinski definition) is 4. The van der Waals surface area contributed by atoms with Crippen LogP contribution in [0.1, 0.15) is 31.7 Å². The lowest BCUT2D eigenvalue weighted by molar-refractivity contribution is 0.262. The van der Waals surface area contributed by atoms with Gasteiger partial charge in [-0.1, -0.05) is 19.1 Å². The summed E-state index contributed by atoms with van der Waals surface area (Å²) in [5, 5.41) is 3.29. The van der Waals surface area contributed by atoms with Crippen molar-refractivity contribution in [2.45, 2.75) is 38.0 Å². The molecule has 1 saturated heterocycles. The molecule has 124 valence electrons. The third-order valence-corrected chi connectivity index (χ3v) is 5.89. The van der Waals surface area contributed by atoms with Crippen LogP contribution in [0.3, 0.4) is 0 Å². The van der Waals surface area contributed by atoms with Gasteiger partial charge in [0.25, 0.3) is 0 Å². The summed E-state index contributed by atoms with van der Waals surface area (Å²) in [6.45, 7) is 4.39. The van der Waals surface area contributed by atoms with Gasteiger partial charge >= 0.3 is 0 Å². The van der Waals surface area contributed by atoms with Crippen LogP contribution in [0.25, 0.3) is 0 Å². The van der Waals surface area contributed by atoms with Crippen molar-refractivity contribution in [2.24, 2.45) is 0 Å². The number of benzene rings is 1. The lowest BCUT2D eigenvalue weighted by Gasteiger charge is -2.33. The van der Waals surface area contributed by atoms with Crippen molar-refractivity contribution in [3.63, 3.8) is 0 Å². The Bertz CT molecular complexity index is 569. The molecule has 0 saturated carbocycles. The van der Waals surface area contributed by atoms with Gasteiger partial charge in [-0.2, -0.15) is 4.31 Å². The number of sulfonamides is 1. The average Bonchev–Trinajstić information content (AvgIpc) is 2.53. The minimum Gasteiger partial charge on any atom is -0.497 e. The molecule has 0 unspecified atom stereocenters. The number of ether oxygens (including phenoxy) is 1. The monoisotopic (exact) mass is 326 g/mol. The van der Waals surface area contributed by atoms with Crippen LogP contribution in [0.2, 0.25) is 0 Å². The number of rotatable bonds is 7. The second-order valence-corrected chi connectivity index (χ2v) is 7.62. The Morgan fingerprint density at radius 1 is 1.32 bits per heavy atom. The third kappa shape index (κ3) is 4.44. The Morgan fingerprint density at radius 3 is 2.68 bits per heavy atom. The molecule has 6 heteroatoms. The van der Waals surface area contributed by atoms with Crippen LogP contribution in [0.4, 0.5) is 0 Å². The number of hydrogen-bond donors (Lipinski definition) is 1. The fraction of sp³-hybridized carbons (Fsp3) is 0.625. The molecular weight excluding hydrogens is 300 g/mol. The van der Waals surface area contributed by atoms with Gasteiger partial charge in [0.15, 0.2) is 0 Å². The minimum atomic E-state index is -3.31. The fourth-order valence-corrected chi connectivity index (χ4v) is 4.81. The molecule has 1 aromatic carbocycles. The molecule has 1 aromatic rings. The van der Waals surface area contributed by atoms with Crippen molar-refractivity contribution in [1.29, 1.82) is 0 Å². The van der Waals surface area contributed by atoms with Gasteiger partial charge in [0, 0.05) is 12.6 Å². The number of piperidine rings is 1. The van der Waals surface area contributed by atoms with Crippen LogP contribution >= 0.6 is 0 Å².